The predicted octanol–water partition coefficient (Wildman–Crippen LogP) is 1.13. The third kappa shape index (κ3) is 1.81. The zero-order valence-electron chi connectivity index (χ0n) is 6.12. The lowest BCUT2D eigenvalue weighted by Crippen LogP contribution is -2.17. The summed E-state index contributed by atoms with van der Waals surface area (Å²) in [5, 5.41) is 9.32. The molecule has 1 fully saturated rings. The molecule has 1 saturated carbocycles. The summed E-state index contributed by atoms with van der Waals surface area (Å²) in [6.07, 6.45) is 5.43. The average Bonchev–Trinajstić information content (AvgIpc) is 2.38. The van der Waals surface area contributed by atoms with E-state index in [0.717, 1.165) is 19.1 Å². The molecule has 0 aromatic carbocycles. The molecule has 0 heterocycles. The first-order chi connectivity index (χ1) is 4.84. The van der Waals surface area contributed by atoms with E-state index in [1.165, 1.54) is 12.8 Å². The van der Waals surface area contributed by atoms with Crippen LogP contribution in [0.4, 0.5) is 0 Å². The summed E-state index contributed by atoms with van der Waals surface area (Å²) < 4.78 is 0. The Kier molecular flexibility index (Phi) is 2.87. The van der Waals surface area contributed by atoms with Gasteiger partial charge < -0.3 is 9.90 Å². The van der Waals surface area contributed by atoms with E-state index in [2.05, 4.69) is 0 Å². The molecule has 0 saturated heterocycles. The molecule has 1 aliphatic rings. The molecule has 0 radical (unpaired) electrons. The van der Waals surface area contributed by atoms with Crippen LogP contribution >= 0.6 is 0 Å². The van der Waals surface area contributed by atoms with Gasteiger partial charge in [-0.25, -0.2) is 0 Å². The van der Waals surface area contributed by atoms with E-state index in [0.29, 0.717) is 12.3 Å². The highest BCUT2D eigenvalue weighted by Crippen LogP contribution is 2.28. The fraction of sp³-hybridized carbons (Fsp3) is 0.875. The fourth-order valence-electron chi connectivity index (χ4n) is 1.63. The van der Waals surface area contributed by atoms with Crippen LogP contribution in [-0.2, 0) is 4.79 Å². The highest BCUT2D eigenvalue weighted by molar-refractivity contribution is 5.50. The molecule has 1 atom stereocenters. The van der Waals surface area contributed by atoms with Gasteiger partial charge in [0.15, 0.2) is 0 Å². The minimum Gasteiger partial charge on any atom is -0.392 e. The molecule has 0 aliphatic heterocycles. The van der Waals surface area contributed by atoms with Gasteiger partial charge in [-0.3, -0.25) is 0 Å². The normalized spacial score (nSPS) is 22.9. The molecule has 10 heavy (non-hydrogen) atoms. The van der Waals surface area contributed by atoms with Gasteiger partial charge in [-0.1, -0.05) is 12.8 Å². The number of aliphatic hydroxyl groups excluding tert-OH is 1. The van der Waals surface area contributed by atoms with Crippen LogP contribution in [0.1, 0.15) is 32.1 Å². The smallest absolute Gasteiger partial charge is 0.122 e. The molecule has 2 heteroatoms. The maximum Gasteiger partial charge on any atom is 0.122 e. The van der Waals surface area contributed by atoms with Crippen molar-refractivity contribution >= 4 is 6.29 Å². The van der Waals surface area contributed by atoms with Crippen molar-refractivity contribution in [1.82, 2.24) is 0 Å². The molecule has 1 N–H and O–H groups in total. The summed E-state index contributed by atoms with van der Waals surface area (Å²) in [5.41, 5.74) is 0. The maximum absolute atomic E-state index is 10.0. The summed E-state index contributed by atoms with van der Waals surface area (Å²) in [5.74, 6) is 0.408. The van der Waals surface area contributed by atoms with Crippen molar-refractivity contribution in [3.63, 3.8) is 0 Å². The monoisotopic (exact) mass is 142 g/mol. The van der Waals surface area contributed by atoms with Gasteiger partial charge in [0, 0.05) is 6.42 Å². The van der Waals surface area contributed by atoms with Crippen molar-refractivity contribution in [3.05, 3.63) is 0 Å². The Labute approximate surface area is 61.2 Å². The number of hydrogen-bond donors (Lipinski definition) is 1. The van der Waals surface area contributed by atoms with Crippen LogP contribution in [0.3, 0.4) is 0 Å². The lowest BCUT2D eigenvalue weighted by atomic mass is 9.99. The molecule has 0 aromatic heterocycles. The molecular formula is C8H14O2. The number of aldehydes is 1. The van der Waals surface area contributed by atoms with Crippen molar-refractivity contribution < 1.29 is 9.90 Å². The van der Waals surface area contributed by atoms with E-state index in [9.17, 15) is 9.90 Å². The highest BCUT2D eigenvalue weighted by Gasteiger charge is 2.22. The number of aliphatic hydroxyl groups is 1. The predicted molar refractivity (Wildman–Crippen MR) is 38.6 cm³/mol. The Hall–Kier alpha value is -0.370. The lowest BCUT2D eigenvalue weighted by molar-refractivity contribution is -0.110. The first-order valence-electron chi connectivity index (χ1n) is 3.96. The Morgan fingerprint density at radius 1 is 1.50 bits per heavy atom. The first kappa shape index (κ1) is 7.73. The zero-order chi connectivity index (χ0) is 7.40. The van der Waals surface area contributed by atoms with Crippen molar-refractivity contribution in [1.29, 1.82) is 0 Å². The average molecular weight is 142 g/mol. The van der Waals surface area contributed by atoms with Gasteiger partial charge in [0.25, 0.3) is 0 Å². The van der Waals surface area contributed by atoms with Gasteiger partial charge in [0.1, 0.15) is 6.29 Å². The number of carbonyl (C=O) groups excluding carboxylic acids is 1. The maximum atomic E-state index is 10.0. The Balaban J connectivity index is 2.24. The Bertz CT molecular complexity index is 106. The molecule has 0 aromatic rings. The van der Waals surface area contributed by atoms with E-state index in [4.69, 9.17) is 0 Å². The van der Waals surface area contributed by atoms with Crippen molar-refractivity contribution in [2.75, 3.05) is 0 Å². The van der Waals surface area contributed by atoms with Crippen molar-refractivity contribution in [3.8, 4) is 0 Å². The molecule has 2 nitrogen and oxygen atoms in total. The van der Waals surface area contributed by atoms with E-state index < -0.39 is 0 Å². The highest BCUT2D eigenvalue weighted by atomic mass is 16.3. The summed E-state index contributed by atoms with van der Waals surface area (Å²) in [7, 11) is 0. The van der Waals surface area contributed by atoms with Gasteiger partial charge in [-0.15, -0.1) is 0 Å². The van der Waals surface area contributed by atoms with Crippen LogP contribution in [0.25, 0.3) is 0 Å². The van der Waals surface area contributed by atoms with Crippen LogP contribution in [0.15, 0.2) is 0 Å². The fourth-order valence-corrected chi connectivity index (χ4v) is 1.63. The molecule has 0 spiro atoms. The van der Waals surface area contributed by atoms with Gasteiger partial charge in [0.05, 0.1) is 6.10 Å². The van der Waals surface area contributed by atoms with Crippen LogP contribution in [0, 0.1) is 5.92 Å². The summed E-state index contributed by atoms with van der Waals surface area (Å²) >= 11 is 0. The number of hydrogen-bond acceptors (Lipinski definition) is 2. The van der Waals surface area contributed by atoms with Crippen LogP contribution in [0.2, 0.25) is 0 Å². The largest absolute Gasteiger partial charge is 0.392 e. The quantitative estimate of drug-likeness (QED) is 0.600. The zero-order valence-corrected chi connectivity index (χ0v) is 6.12. The molecule has 0 amide bonds. The van der Waals surface area contributed by atoms with Crippen LogP contribution < -0.4 is 0 Å². The Morgan fingerprint density at radius 3 is 2.60 bits per heavy atom. The van der Waals surface area contributed by atoms with Crippen LogP contribution in [0.5, 0.6) is 0 Å². The summed E-state index contributed by atoms with van der Waals surface area (Å²) in [6, 6.07) is 0. The second kappa shape index (κ2) is 3.71. The lowest BCUT2D eigenvalue weighted by Gasteiger charge is -2.13. The molecule has 0 bridgehead atoms. The van der Waals surface area contributed by atoms with Crippen molar-refractivity contribution in [2.45, 2.75) is 38.2 Å². The molecule has 1 aliphatic carbocycles. The third-order valence-corrected chi connectivity index (χ3v) is 2.28. The van der Waals surface area contributed by atoms with Gasteiger partial charge in [-0.2, -0.15) is 0 Å². The molecule has 1 rings (SSSR count). The number of carbonyl (C=O) groups is 1. The van der Waals surface area contributed by atoms with Gasteiger partial charge in [-0.05, 0) is 18.8 Å². The van der Waals surface area contributed by atoms with Crippen molar-refractivity contribution in [2.24, 2.45) is 5.92 Å². The minimum atomic E-state index is -0.361. The standard InChI is InChI=1S/C8H14O2/c9-6-5-8(10)7-3-1-2-4-7/h6-8,10H,1-5H2. The summed E-state index contributed by atoms with van der Waals surface area (Å²) in [4.78, 5) is 10.0. The SMILES string of the molecule is O=CCC(O)C1CCCC1. The third-order valence-electron chi connectivity index (χ3n) is 2.28. The van der Waals surface area contributed by atoms with E-state index >= 15 is 0 Å². The van der Waals surface area contributed by atoms with E-state index in [1.54, 1.807) is 0 Å². The van der Waals surface area contributed by atoms with Gasteiger partial charge in [0.2, 0.25) is 0 Å². The van der Waals surface area contributed by atoms with Crippen LogP contribution in [-0.4, -0.2) is 17.5 Å². The van der Waals surface area contributed by atoms with Gasteiger partial charge >= 0.3 is 0 Å². The molecule has 1 unspecified atom stereocenters. The first-order valence-corrected chi connectivity index (χ1v) is 3.96. The van der Waals surface area contributed by atoms with E-state index in [-0.39, 0.29) is 6.10 Å². The Morgan fingerprint density at radius 2 is 2.10 bits per heavy atom. The second-order valence-corrected chi connectivity index (χ2v) is 3.01. The number of rotatable bonds is 3. The minimum absolute atomic E-state index is 0.324. The topological polar surface area (TPSA) is 37.3 Å². The second-order valence-electron chi connectivity index (χ2n) is 3.01. The molecular weight excluding hydrogens is 128 g/mol. The molecule has 58 valence electrons. The summed E-state index contributed by atoms with van der Waals surface area (Å²) in [6.45, 7) is 0. The van der Waals surface area contributed by atoms with E-state index in [1.807, 2.05) is 0 Å².